The second kappa shape index (κ2) is 13.3. The van der Waals surface area contributed by atoms with Crippen molar-refractivity contribution < 1.29 is 36.6 Å². The molecule has 0 radical (unpaired) electrons. The maximum Gasteiger partial charge on any atom is 0.453 e. The van der Waals surface area contributed by atoms with Crippen molar-refractivity contribution in [2.75, 3.05) is 24.6 Å². The van der Waals surface area contributed by atoms with Gasteiger partial charge in [-0.25, -0.2) is 4.39 Å². The van der Waals surface area contributed by atoms with E-state index in [1.165, 1.54) is 11.8 Å². The van der Waals surface area contributed by atoms with Gasteiger partial charge in [0.2, 0.25) is 0 Å². The zero-order valence-corrected chi connectivity index (χ0v) is 25.9. The summed E-state index contributed by atoms with van der Waals surface area (Å²) in [5.41, 5.74) is 1.73. The molecule has 3 fully saturated rings. The minimum Gasteiger partial charge on any atom is -0.508 e. The fourth-order valence-corrected chi connectivity index (χ4v) is 10.2. The molecule has 1 unspecified atom stereocenters. The van der Waals surface area contributed by atoms with E-state index in [1.807, 2.05) is 12.1 Å². The predicted octanol–water partition coefficient (Wildman–Crippen LogP) is 8.52. The fourth-order valence-electron chi connectivity index (χ4n) is 9.07. The molecule has 0 aromatic heterocycles. The van der Waals surface area contributed by atoms with Gasteiger partial charge in [0.1, 0.15) is 11.9 Å². The van der Waals surface area contributed by atoms with Gasteiger partial charge < -0.3 is 10.2 Å². The molecule has 2 saturated carbocycles. The summed E-state index contributed by atoms with van der Waals surface area (Å²) in [5, 5.41) is 21.0. The molecular weight excluding hydrogens is 588 g/mol. The zero-order valence-electron chi connectivity index (χ0n) is 25.1. The van der Waals surface area contributed by atoms with Crippen LogP contribution < -0.4 is 0 Å². The largest absolute Gasteiger partial charge is 0.508 e. The Labute approximate surface area is 256 Å². The zero-order chi connectivity index (χ0) is 31.0. The highest BCUT2D eigenvalue weighted by Gasteiger charge is 2.60. The Morgan fingerprint density at radius 1 is 1.05 bits per heavy atom. The Morgan fingerprint density at radius 3 is 2.60 bits per heavy atom. The van der Waals surface area contributed by atoms with Crippen molar-refractivity contribution in [2.45, 2.75) is 120 Å². The highest BCUT2D eigenvalue weighted by Crippen LogP contribution is 2.63. The summed E-state index contributed by atoms with van der Waals surface area (Å²) in [7, 11) is 0. The van der Waals surface area contributed by atoms with Gasteiger partial charge in [0.15, 0.2) is 0 Å². The Kier molecular flexibility index (Phi) is 10.3. The van der Waals surface area contributed by atoms with Crippen molar-refractivity contribution in [3.63, 3.8) is 0 Å². The first-order valence-electron chi connectivity index (χ1n) is 16.2. The van der Waals surface area contributed by atoms with E-state index >= 15 is 4.39 Å². The molecule has 1 heterocycles. The van der Waals surface area contributed by atoms with Gasteiger partial charge in [0.25, 0.3) is 0 Å². The van der Waals surface area contributed by atoms with Crippen molar-refractivity contribution >= 4 is 11.8 Å². The summed E-state index contributed by atoms with van der Waals surface area (Å²) in [6.07, 6.45) is 0.873. The van der Waals surface area contributed by atoms with Crippen molar-refractivity contribution in [3.05, 3.63) is 29.3 Å². The highest BCUT2D eigenvalue weighted by molar-refractivity contribution is 7.99. The van der Waals surface area contributed by atoms with Crippen LogP contribution in [0.25, 0.3) is 0 Å². The molecule has 43 heavy (non-hydrogen) atoms. The summed E-state index contributed by atoms with van der Waals surface area (Å²) in [4.78, 5) is 2.44. The van der Waals surface area contributed by atoms with Crippen LogP contribution in [-0.4, -0.2) is 70.1 Å². The number of likely N-dealkylation sites (tertiary alicyclic amines) is 1. The first-order chi connectivity index (χ1) is 20.3. The van der Waals surface area contributed by atoms with Crippen LogP contribution in [-0.2, 0) is 6.42 Å². The monoisotopic (exact) mass is 635 g/mol. The van der Waals surface area contributed by atoms with Crippen LogP contribution in [0, 0.1) is 23.2 Å². The molecule has 0 bridgehead atoms. The number of fused-ring (bicyclic) bond motifs is 5. The Hall–Kier alpha value is -1.13. The summed E-state index contributed by atoms with van der Waals surface area (Å²) in [6.45, 7) is 4.03. The maximum absolute atomic E-state index is 16.0. The second-order valence-corrected chi connectivity index (χ2v) is 15.1. The number of rotatable bonds is 12. The first-order valence-corrected chi connectivity index (χ1v) is 17.4. The van der Waals surface area contributed by atoms with Gasteiger partial charge in [-0.2, -0.15) is 33.7 Å². The Bertz CT molecular complexity index is 1090. The maximum atomic E-state index is 16.0. The number of aliphatic hydroxyl groups excluding tert-OH is 1. The van der Waals surface area contributed by atoms with E-state index in [2.05, 4.69) is 11.8 Å². The lowest BCUT2D eigenvalue weighted by Gasteiger charge is -2.54. The highest BCUT2D eigenvalue weighted by atomic mass is 32.2. The van der Waals surface area contributed by atoms with E-state index < -0.39 is 30.8 Å². The van der Waals surface area contributed by atoms with Crippen molar-refractivity contribution in [3.8, 4) is 5.75 Å². The number of benzene rings is 1. The standard InChI is InChI=1S/C33H47F6NO2S/c1-31-19-27(34)30-25-10-9-24(41)18-22(25)17-21(29(30)26(31)11-12-28(31)42)7-3-2-4-14-40-15-5-8-23(40)20-43-16-6-13-32(35,36)33(37,38)39/h9-10,18,21,23,26-30,41-42H,2-8,11-17,19-20H2,1H3/t21-,23?,26+,27+,28+,29+,30+,31+/m1/s1. The molecule has 0 spiro atoms. The van der Waals surface area contributed by atoms with E-state index in [0.717, 1.165) is 87.8 Å². The molecular formula is C33H47F6NO2S. The summed E-state index contributed by atoms with van der Waals surface area (Å²) >= 11 is 1.47. The third-order valence-corrected chi connectivity index (χ3v) is 12.5. The molecule has 5 rings (SSSR count). The number of hydrogen-bond donors (Lipinski definition) is 2. The van der Waals surface area contributed by atoms with E-state index in [0.29, 0.717) is 30.1 Å². The number of thioether (sulfide) groups is 1. The van der Waals surface area contributed by atoms with Gasteiger partial charge in [0.05, 0.1) is 6.10 Å². The quantitative estimate of drug-likeness (QED) is 0.179. The van der Waals surface area contributed by atoms with Gasteiger partial charge in [-0.05, 0) is 123 Å². The van der Waals surface area contributed by atoms with Gasteiger partial charge in [-0.15, -0.1) is 0 Å². The number of aromatic hydroxyl groups is 1. The molecule has 244 valence electrons. The smallest absolute Gasteiger partial charge is 0.453 e. The molecule has 3 aliphatic carbocycles. The fraction of sp³-hybridized carbons (Fsp3) is 0.818. The Balaban J connectivity index is 1.10. The number of halogens is 6. The average Bonchev–Trinajstić information content (AvgIpc) is 3.50. The lowest BCUT2D eigenvalue weighted by molar-refractivity contribution is -0.284. The number of phenolic OH excluding ortho intramolecular Hbond substituents is 1. The summed E-state index contributed by atoms with van der Waals surface area (Å²) in [6, 6.07) is 5.75. The van der Waals surface area contributed by atoms with Crippen LogP contribution >= 0.6 is 11.8 Å². The normalized spacial score (nSPS) is 34.7. The van der Waals surface area contributed by atoms with Crippen molar-refractivity contribution in [1.82, 2.24) is 4.90 Å². The molecule has 0 amide bonds. The molecule has 4 aliphatic rings. The molecule has 10 heteroatoms. The lowest BCUT2D eigenvalue weighted by atomic mass is 9.51. The number of unbranched alkanes of at least 4 members (excludes halogenated alkanes) is 2. The third-order valence-electron chi connectivity index (χ3n) is 11.3. The van der Waals surface area contributed by atoms with Crippen molar-refractivity contribution in [1.29, 1.82) is 0 Å². The van der Waals surface area contributed by atoms with E-state index in [9.17, 15) is 32.2 Å². The first kappa shape index (κ1) is 33.2. The topological polar surface area (TPSA) is 43.7 Å². The SMILES string of the molecule is C[C@]12C[C@H](F)[C@@H]3c4ccc(O)cc4C[C@@H](CCCCCN4CCCC4CSCCCC(F)(F)C(F)(F)F)[C@H]3[C@@H]1CC[C@@H]2O. The lowest BCUT2D eigenvalue weighted by Crippen LogP contribution is -2.51. The molecule has 1 aromatic carbocycles. The van der Waals surface area contributed by atoms with Gasteiger partial charge in [-0.1, -0.05) is 25.8 Å². The van der Waals surface area contributed by atoms with Crippen LogP contribution in [0.1, 0.15) is 94.6 Å². The predicted molar refractivity (Wildman–Crippen MR) is 159 cm³/mol. The minimum atomic E-state index is -5.47. The third kappa shape index (κ3) is 7.01. The number of hydrogen-bond acceptors (Lipinski definition) is 4. The number of alkyl halides is 6. The molecule has 2 N–H and O–H groups in total. The average molecular weight is 636 g/mol. The van der Waals surface area contributed by atoms with E-state index in [-0.39, 0.29) is 29.4 Å². The van der Waals surface area contributed by atoms with Crippen LogP contribution in [0.15, 0.2) is 18.2 Å². The van der Waals surface area contributed by atoms with E-state index in [4.69, 9.17) is 0 Å². The molecule has 1 aromatic rings. The van der Waals surface area contributed by atoms with Crippen LogP contribution in [0.2, 0.25) is 0 Å². The minimum absolute atomic E-state index is 0.154. The summed E-state index contributed by atoms with van der Waals surface area (Å²) in [5.74, 6) is -2.70. The van der Waals surface area contributed by atoms with Crippen LogP contribution in [0.5, 0.6) is 5.75 Å². The Morgan fingerprint density at radius 2 is 1.84 bits per heavy atom. The van der Waals surface area contributed by atoms with Gasteiger partial charge >= 0.3 is 12.1 Å². The second-order valence-electron chi connectivity index (χ2n) is 13.9. The number of nitrogens with zero attached hydrogens (tertiary/aromatic N) is 1. The van der Waals surface area contributed by atoms with E-state index in [1.54, 1.807) is 6.07 Å². The molecule has 8 atom stereocenters. The van der Waals surface area contributed by atoms with Gasteiger partial charge in [0, 0.05) is 24.1 Å². The van der Waals surface area contributed by atoms with Crippen molar-refractivity contribution in [2.24, 2.45) is 23.2 Å². The molecule has 1 aliphatic heterocycles. The van der Waals surface area contributed by atoms with Crippen LogP contribution in [0.4, 0.5) is 26.3 Å². The van der Waals surface area contributed by atoms with Gasteiger partial charge in [-0.3, -0.25) is 4.90 Å². The number of phenols is 1. The molecule has 3 nitrogen and oxygen atoms in total. The van der Waals surface area contributed by atoms with Crippen LogP contribution in [0.3, 0.4) is 0 Å². The molecule has 1 saturated heterocycles. The number of aliphatic hydroxyl groups is 1. The summed E-state index contributed by atoms with van der Waals surface area (Å²) < 4.78 is 79.3.